The zero-order valence-corrected chi connectivity index (χ0v) is 19.0. The summed E-state index contributed by atoms with van der Waals surface area (Å²) < 4.78 is 0. The smallest absolute Gasteiger partial charge is 0.282 e. The summed E-state index contributed by atoms with van der Waals surface area (Å²) in [4.78, 5) is 41.9. The number of nitrogens with zero attached hydrogens (tertiary/aromatic N) is 2. The first-order valence-electron chi connectivity index (χ1n) is 10.6. The topological polar surface area (TPSA) is 69.7 Å². The molecule has 0 radical (unpaired) electrons. The molecule has 3 aromatic carbocycles. The minimum absolute atomic E-state index is 0.181. The molecule has 0 unspecified atom stereocenters. The summed E-state index contributed by atoms with van der Waals surface area (Å²) in [5, 5.41) is 2.72. The van der Waals surface area contributed by atoms with E-state index in [4.69, 9.17) is 0 Å². The van der Waals surface area contributed by atoms with Gasteiger partial charge in [-0.15, -0.1) is 0 Å². The second-order valence-electron chi connectivity index (χ2n) is 8.11. The van der Waals surface area contributed by atoms with Crippen LogP contribution in [0.25, 0.3) is 5.57 Å². The molecule has 3 aromatic rings. The van der Waals surface area contributed by atoms with Crippen LogP contribution < -0.4 is 15.1 Å². The minimum atomic E-state index is -0.376. The maximum Gasteiger partial charge on any atom is 0.282 e. The SMILES string of the molecule is CC(=O)Nc1ccc(C2=C(N(C)c3ccccc3)C(=O)N(c3cc(C)ccc3C)C2=O)cc1. The molecule has 0 aliphatic carbocycles. The first-order valence-corrected chi connectivity index (χ1v) is 10.6. The van der Waals surface area contributed by atoms with Gasteiger partial charge in [0.15, 0.2) is 0 Å². The Morgan fingerprint density at radius 2 is 1.55 bits per heavy atom. The minimum Gasteiger partial charge on any atom is -0.339 e. The van der Waals surface area contributed by atoms with Gasteiger partial charge in [0.25, 0.3) is 11.8 Å². The van der Waals surface area contributed by atoms with E-state index in [1.807, 2.05) is 62.4 Å². The first-order chi connectivity index (χ1) is 15.8. The predicted octanol–water partition coefficient (Wildman–Crippen LogP) is 4.68. The molecule has 3 amide bonds. The fraction of sp³-hybridized carbons (Fsp3) is 0.148. The predicted molar refractivity (Wildman–Crippen MR) is 131 cm³/mol. The molecule has 0 fully saturated rings. The third kappa shape index (κ3) is 4.15. The maximum atomic E-state index is 13.7. The van der Waals surface area contributed by atoms with Crippen molar-refractivity contribution in [1.29, 1.82) is 0 Å². The molecule has 0 spiro atoms. The summed E-state index contributed by atoms with van der Waals surface area (Å²) in [6, 6.07) is 22.1. The lowest BCUT2D eigenvalue weighted by Crippen LogP contribution is -2.34. The van der Waals surface area contributed by atoms with Crippen LogP contribution in [0.4, 0.5) is 17.1 Å². The van der Waals surface area contributed by atoms with Gasteiger partial charge in [-0.1, -0.05) is 42.5 Å². The van der Waals surface area contributed by atoms with Crippen LogP contribution in [0.5, 0.6) is 0 Å². The lowest BCUT2D eigenvalue weighted by Gasteiger charge is -2.22. The van der Waals surface area contributed by atoms with Gasteiger partial charge in [0.2, 0.25) is 5.91 Å². The lowest BCUT2D eigenvalue weighted by molar-refractivity contribution is -0.120. The first kappa shape index (κ1) is 22.0. The van der Waals surface area contributed by atoms with Crippen molar-refractivity contribution in [2.24, 2.45) is 0 Å². The molecule has 1 N–H and O–H groups in total. The second-order valence-corrected chi connectivity index (χ2v) is 8.11. The number of rotatable bonds is 5. The van der Waals surface area contributed by atoms with E-state index in [9.17, 15) is 14.4 Å². The van der Waals surface area contributed by atoms with Crippen LogP contribution in [0.15, 0.2) is 78.5 Å². The number of hydrogen-bond acceptors (Lipinski definition) is 4. The van der Waals surface area contributed by atoms with Crippen LogP contribution >= 0.6 is 0 Å². The summed E-state index contributed by atoms with van der Waals surface area (Å²) in [7, 11) is 1.79. The van der Waals surface area contributed by atoms with E-state index < -0.39 is 0 Å². The Balaban J connectivity index is 1.86. The van der Waals surface area contributed by atoms with Crippen molar-refractivity contribution in [2.75, 3.05) is 22.2 Å². The number of likely N-dealkylation sites (N-methyl/N-ethyl adjacent to an activating group) is 1. The molecule has 0 saturated carbocycles. The highest BCUT2D eigenvalue weighted by molar-refractivity contribution is 6.46. The molecule has 0 saturated heterocycles. The van der Waals surface area contributed by atoms with Gasteiger partial charge in [0.05, 0.1) is 11.3 Å². The molecule has 1 aliphatic rings. The number of carbonyl (C=O) groups is 3. The number of para-hydroxylation sites is 1. The fourth-order valence-corrected chi connectivity index (χ4v) is 3.97. The maximum absolute atomic E-state index is 13.7. The molecule has 166 valence electrons. The summed E-state index contributed by atoms with van der Waals surface area (Å²) in [5.41, 5.74) is 5.02. The van der Waals surface area contributed by atoms with Crippen LogP contribution in [0.1, 0.15) is 23.6 Å². The molecular formula is C27H25N3O3. The summed E-state index contributed by atoms with van der Waals surface area (Å²) >= 11 is 0. The van der Waals surface area contributed by atoms with Crippen molar-refractivity contribution in [1.82, 2.24) is 0 Å². The normalized spacial score (nSPS) is 13.5. The Hall–Kier alpha value is -4.19. The number of aryl methyl sites for hydroxylation is 2. The number of carbonyl (C=O) groups excluding carboxylic acids is 3. The van der Waals surface area contributed by atoms with Crippen molar-refractivity contribution in [3.05, 3.63) is 95.2 Å². The zero-order chi connectivity index (χ0) is 23.7. The van der Waals surface area contributed by atoms with Gasteiger partial charge in [-0.3, -0.25) is 14.4 Å². The Kier molecular flexibility index (Phi) is 5.84. The van der Waals surface area contributed by atoms with E-state index in [1.165, 1.54) is 11.8 Å². The van der Waals surface area contributed by atoms with Gasteiger partial charge in [-0.25, -0.2) is 4.90 Å². The molecule has 1 heterocycles. The van der Waals surface area contributed by atoms with Crippen LogP contribution in [0, 0.1) is 13.8 Å². The highest BCUT2D eigenvalue weighted by atomic mass is 16.2. The summed E-state index contributed by atoms with van der Waals surface area (Å²) in [5.74, 6) is -0.931. The highest BCUT2D eigenvalue weighted by Gasteiger charge is 2.42. The van der Waals surface area contributed by atoms with E-state index in [0.717, 1.165) is 16.8 Å². The molecule has 1 aliphatic heterocycles. The average Bonchev–Trinajstić information content (AvgIpc) is 3.05. The van der Waals surface area contributed by atoms with E-state index in [2.05, 4.69) is 5.32 Å². The Bertz CT molecular complexity index is 1280. The van der Waals surface area contributed by atoms with Gasteiger partial charge >= 0.3 is 0 Å². The number of nitrogens with one attached hydrogen (secondary N) is 1. The Labute approximate surface area is 193 Å². The molecule has 6 heteroatoms. The monoisotopic (exact) mass is 439 g/mol. The molecule has 33 heavy (non-hydrogen) atoms. The fourth-order valence-electron chi connectivity index (χ4n) is 3.97. The van der Waals surface area contributed by atoms with E-state index >= 15 is 0 Å². The van der Waals surface area contributed by atoms with Crippen LogP contribution in [0.2, 0.25) is 0 Å². The van der Waals surface area contributed by atoms with Crippen LogP contribution in [0.3, 0.4) is 0 Å². The average molecular weight is 440 g/mol. The van der Waals surface area contributed by atoms with Crippen LogP contribution in [-0.2, 0) is 14.4 Å². The van der Waals surface area contributed by atoms with E-state index in [0.29, 0.717) is 28.2 Å². The third-order valence-corrected chi connectivity index (χ3v) is 5.64. The number of hydrogen-bond donors (Lipinski definition) is 1. The van der Waals surface area contributed by atoms with Crippen molar-refractivity contribution in [3.63, 3.8) is 0 Å². The van der Waals surface area contributed by atoms with Crippen LogP contribution in [-0.4, -0.2) is 24.8 Å². The number of benzene rings is 3. The highest BCUT2D eigenvalue weighted by Crippen LogP contribution is 2.37. The number of amides is 3. The van der Waals surface area contributed by atoms with Crippen molar-refractivity contribution < 1.29 is 14.4 Å². The van der Waals surface area contributed by atoms with Gasteiger partial charge in [-0.05, 0) is 60.9 Å². The largest absolute Gasteiger partial charge is 0.339 e. The van der Waals surface area contributed by atoms with Crippen molar-refractivity contribution in [3.8, 4) is 0 Å². The quantitative estimate of drug-likeness (QED) is 0.586. The summed E-state index contributed by atoms with van der Waals surface area (Å²) in [6.07, 6.45) is 0. The molecule has 0 atom stereocenters. The van der Waals surface area contributed by atoms with Gasteiger partial charge in [0, 0.05) is 25.3 Å². The van der Waals surface area contributed by atoms with Gasteiger partial charge < -0.3 is 10.2 Å². The third-order valence-electron chi connectivity index (χ3n) is 5.64. The molecule has 0 bridgehead atoms. The molecular weight excluding hydrogens is 414 g/mol. The van der Waals surface area contributed by atoms with Crippen molar-refractivity contribution >= 4 is 40.4 Å². The Morgan fingerprint density at radius 3 is 2.18 bits per heavy atom. The Morgan fingerprint density at radius 1 is 0.879 bits per heavy atom. The van der Waals surface area contributed by atoms with Gasteiger partial charge in [0.1, 0.15) is 5.70 Å². The number of imide groups is 1. The molecule has 6 nitrogen and oxygen atoms in total. The second kappa shape index (κ2) is 8.74. The standard InChI is InChI=1S/C27H25N3O3/c1-17-10-11-18(2)23(16-17)30-26(32)24(20-12-14-21(15-13-20)28-19(3)31)25(27(30)33)29(4)22-8-6-5-7-9-22/h5-16H,1-4H3,(H,28,31). The van der Waals surface area contributed by atoms with E-state index in [-0.39, 0.29) is 17.7 Å². The zero-order valence-electron chi connectivity index (χ0n) is 19.0. The number of anilines is 3. The van der Waals surface area contributed by atoms with Gasteiger partial charge in [-0.2, -0.15) is 0 Å². The van der Waals surface area contributed by atoms with Crippen molar-refractivity contribution in [2.45, 2.75) is 20.8 Å². The molecule has 0 aromatic heterocycles. The summed E-state index contributed by atoms with van der Waals surface area (Å²) in [6.45, 7) is 5.25. The molecule has 4 rings (SSSR count). The van der Waals surface area contributed by atoms with E-state index in [1.54, 1.807) is 36.2 Å². The lowest BCUT2D eigenvalue weighted by atomic mass is 10.0.